The van der Waals surface area contributed by atoms with Crippen molar-refractivity contribution >= 4 is 34.2 Å². The van der Waals surface area contributed by atoms with Crippen molar-refractivity contribution in [2.45, 2.75) is 32.0 Å². The highest BCUT2D eigenvalue weighted by Gasteiger charge is 2.21. The van der Waals surface area contributed by atoms with Crippen LogP contribution in [0.2, 0.25) is 0 Å². The second-order valence-electron chi connectivity index (χ2n) is 9.17. The Hall–Kier alpha value is -3.10. The van der Waals surface area contributed by atoms with Crippen LogP contribution < -0.4 is 4.74 Å². The SMILES string of the molecule is COc1ccc2c(C)cc3nnc(SCC(=O)N4CCCN(Cc5ccc(C)cc5)CC4)n3c2c1. The maximum absolute atomic E-state index is 13.1. The van der Waals surface area contributed by atoms with E-state index in [0.717, 1.165) is 72.2 Å². The number of aryl methyl sites for hydroxylation is 2. The maximum Gasteiger partial charge on any atom is 0.233 e. The van der Waals surface area contributed by atoms with Gasteiger partial charge in [0.1, 0.15) is 5.75 Å². The summed E-state index contributed by atoms with van der Waals surface area (Å²) in [5.41, 5.74) is 5.50. The van der Waals surface area contributed by atoms with Gasteiger partial charge in [-0.25, -0.2) is 0 Å². The maximum atomic E-state index is 13.1. The zero-order valence-electron chi connectivity index (χ0n) is 20.5. The molecule has 0 spiro atoms. The predicted molar refractivity (Wildman–Crippen MR) is 140 cm³/mol. The molecule has 0 unspecified atom stereocenters. The second-order valence-corrected chi connectivity index (χ2v) is 10.1. The number of methoxy groups -OCH3 is 1. The van der Waals surface area contributed by atoms with E-state index in [4.69, 9.17) is 4.74 Å². The molecule has 3 heterocycles. The number of amides is 1. The number of ether oxygens (including phenoxy) is 1. The van der Waals surface area contributed by atoms with Crippen LogP contribution in [0.1, 0.15) is 23.1 Å². The van der Waals surface area contributed by atoms with Gasteiger partial charge in [0.15, 0.2) is 10.8 Å². The summed E-state index contributed by atoms with van der Waals surface area (Å²) < 4.78 is 7.46. The van der Waals surface area contributed by atoms with Crippen LogP contribution in [-0.2, 0) is 11.3 Å². The lowest BCUT2D eigenvalue weighted by Gasteiger charge is -2.22. The van der Waals surface area contributed by atoms with Crippen molar-refractivity contribution < 1.29 is 9.53 Å². The first-order chi connectivity index (χ1) is 17.0. The molecule has 0 saturated carbocycles. The van der Waals surface area contributed by atoms with Crippen LogP contribution in [0.25, 0.3) is 16.6 Å². The van der Waals surface area contributed by atoms with Crippen molar-refractivity contribution in [3.63, 3.8) is 0 Å². The highest BCUT2D eigenvalue weighted by atomic mass is 32.2. The molecule has 1 amide bonds. The Morgan fingerprint density at radius 2 is 1.83 bits per heavy atom. The molecule has 4 aromatic rings. The van der Waals surface area contributed by atoms with Gasteiger partial charge in [0, 0.05) is 44.2 Å². The molecule has 0 aliphatic carbocycles. The fourth-order valence-electron chi connectivity index (χ4n) is 4.67. The number of pyridine rings is 1. The van der Waals surface area contributed by atoms with Gasteiger partial charge >= 0.3 is 0 Å². The van der Waals surface area contributed by atoms with E-state index < -0.39 is 0 Å². The molecular weight excluding hydrogens is 458 g/mol. The third kappa shape index (κ3) is 5.13. The monoisotopic (exact) mass is 489 g/mol. The van der Waals surface area contributed by atoms with Crippen molar-refractivity contribution in [3.05, 3.63) is 65.2 Å². The molecule has 5 rings (SSSR count). The molecule has 2 aromatic carbocycles. The molecule has 1 aliphatic rings. The fourth-order valence-corrected chi connectivity index (χ4v) is 5.53. The van der Waals surface area contributed by atoms with Crippen molar-refractivity contribution in [3.8, 4) is 5.75 Å². The predicted octanol–water partition coefficient (Wildman–Crippen LogP) is 4.33. The number of aromatic nitrogens is 3. The normalized spacial score (nSPS) is 15.0. The number of fused-ring (bicyclic) bond motifs is 3. The Kier molecular flexibility index (Phi) is 6.92. The molecule has 182 valence electrons. The highest BCUT2D eigenvalue weighted by molar-refractivity contribution is 7.99. The van der Waals surface area contributed by atoms with Crippen LogP contribution in [-0.4, -0.2) is 69.3 Å². The highest BCUT2D eigenvalue weighted by Crippen LogP contribution is 2.28. The van der Waals surface area contributed by atoms with Crippen LogP contribution in [0.3, 0.4) is 0 Å². The lowest BCUT2D eigenvalue weighted by molar-refractivity contribution is -0.128. The number of nitrogens with zero attached hydrogens (tertiary/aromatic N) is 5. The Bertz CT molecular complexity index is 1350. The first-order valence-electron chi connectivity index (χ1n) is 12.0. The Morgan fingerprint density at radius 1 is 1.00 bits per heavy atom. The van der Waals surface area contributed by atoms with Gasteiger partial charge < -0.3 is 9.64 Å². The van der Waals surface area contributed by atoms with E-state index in [2.05, 4.69) is 59.3 Å². The summed E-state index contributed by atoms with van der Waals surface area (Å²) in [7, 11) is 1.66. The Labute approximate surface area is 210 Å². The number of carbonyl (C=O) groups excluding carboxylic acids is 1. The minimum Gasteiger partial charge on any atom is -0.497 e. The lowest BCUT2D eigenvalue weighted by atomic mass is 10.1. The van der Waals surface area contributed by atoms with Crippen LogP contribution in [0, 0.1) is 13.8 Å². The summed E-state index contributed by atoms with van der Waals surface area (Å²) in [4.78, 5) is 17.6. The third-order valence-corrected chi connectivity index (χ3v) is 7.58. The minimum absolute atomic E-state index is 0.151. The van der Waals surface area contributed by atoms with Gasteiger partial charge in [-0.05, 0) is 49.6 Å². The van der Waals surface area contributed by atoms with E-state index in [1.54, 1.807) is 7.11 Å². The average Bonchev–Trinajstić information content (AvgIpc) is 3.13. The van der Waals surface area contributed by atoms with E-state index in [9.17, 15) is 4.79 Å². The number of hydrogen-bond acceptors (Lipinski definition) is 6. The number of rotatable bonds is 6. The quantitative estimate of drug-likeness (QED) is 0.376. The van der Waals surface area contributed by atoms with Gasteiger partial charge in [-0.2, -0.15) is 0 Å². The van der Waals surface area contributed by atoms with E-state index in [1.165, 1.54) is 22.9 Å². The van der Waals surface area contributed by atoms with Crippen LogP contribution in [0.5, 0.6) is 5.75 Å². The van der Waals surface area contributed by atoms with Crippen molar-refractivity contribution in [1.29, 1.82) is 0 Å². The molecule has 0 radical (unpaired) electrons. The molecule has 0 bridgehead atoms. The van der Waals surface area contributed by atoms with Crippen LogP contribution in [0.4, 0.5) is 0 Å². The molecule has 8 heteroatoms. The summed E-state index contributed by atoms with van der Waals surface area (Å²) in [6.45, 7) is 8.56. The lowest BCUT2D eigenvalue weighted by Crippen LogP contribution is -2.36. The first-order valence-corrected chi connectivity index (χ1v) is 13.0. The second kappa shape index (κ2) is 10.3. The minimum atomic E-state index is 0.151. The molecule has 35 heavy (non-hydrogen) atoms. The van der Waals surface area contributed by atoms with E-state index >= 15 is 0 Å². The first kappa shape index (κ1) is 23.6. The molecule has 1 saturated heterocycles. The molecule has 1 fully saturated rings. The number of carbonyl (C=O) groups is 1. The molecule has 0 N–H and O–H groups in total. The smallest absolute Gasteiger partial charge is 0.233 e. The standard InChI is InChI=1S/C27H31N5O2S/c1-19-5-7-21(8-6-19)17-30-11-4-12-31(14-13-30)26(33)18-35-27-29-28-25-15-20(2)23-10-9-22(34-3)16-24(23)32(25)27/h5-10,15-16H,4,11-14,17-18H2,1-3H3. The summed E-state index contributed by atoms with van der Waals surface area (Å²) in [6, 6.07) is 16.8. The number of hydrogen-bond donors (Lipinski definition) is 0. The van der Waals surface area contributed by atoms with E-state index in [1.807, 2.05) is 27.5 Å². The Morgan fingerprint density at radius 3 is 2.63 bits per heavy atom. The average molecular weight is 490 g/mol. The Balaban J connectivity index is 1.26. The molecule has 2 aromatic heterocycles. The summed E-state index contributed by atoms with van der Waals surface area (Å²) in [6.07, 6.45) is 0.986. The molecule has 1 aliphatic heterocycles. The summed E-state index contributed by atoms with van der Waals surface area (Å²) in [5, 5.41) is 10.6. The van der Waals surface area contributed by atoms with E-state index in [0.29, 0.717) is 5.75 Å². The summed E-state index contributed by atoms with van der Waals surface area (Å²) in [5.74, 6) is 1.28. The largest absolute Gasteiger partial charge is 0.497 e. The van der Waals surface area contributed by atoms with Crippen LogP contribution >= 0.6 is 11.8 Å². The van der Waals surface area contributed by atoms with Gasteiger partial charge in [-0.3, -0.25) is 14.1 Å². The number of thioether (sulfide) groups is 1. The van der Waals surface area contributed by atoms with Gasteiger partial charge in [-0.1, -0.05) is 41.6 Å². The van der Waals surface area contributed by atoms with Gasteiger partial charge in [0.05, 0.1) is 18.4 Å². The zero-order chi connectivity index (χ0) is 24.4. The topological polar surface area (TPSA) is 63.0 Å². The van der Waals surface area contributed by atoms with Crippen molar-refractivity contribution in [1.82, 2.24) is 24.4 Å². The van der Waals surface area contributed by atoms with Gasteiger partial charge in [0.25, 0.3) is 0 Å². The van der Waals surface area contributed by atoms with E-state index in [-0.39, 0.29) is 5.91 Å². The van der Waals surface area contributed by atoms with Crippen molar-refractivity contribution in [2.75, 3.05) is 39.0 Å². The van der Waals surface area contributed by atoms with Gasteiger partial charge in [-0.15, -0.1) is 10.2 Å². The molecule has 0 atom stereocenters. The van der Waals surface area contributed by atoms with Gasteiger partial charge in [0.2, 0.25) is 5.91 Å². The third-order valence-electron chi connectivity index (χ3n) is 6.67. The molecule has 7 nitrogen and oxygen atoms in total. The molecular formula is C27H31N5O2S. The fraction of sp³-hybridized carbons (Fsp3) is 0.370. The van der Waals surface area contributed by atoms with Crippen molar-refractivity contribution in [2.24, 2.45) is 0 Å². The summed E-state index contributed by atoms with van der Waals surface area (Å²) >= 11 is 1.45. The van der Waals surface area contributed by atoms with Crippen LogP contribution in [0.15, 0.2) is 53.7 Å². The number of benzene rings is 2. The zero-order valence-corrected chi connectivity index (χ0v) is 21.3.